The molecule has 1 heterocycles. The molecule has 0 spiro atoms. The summed E-state index contributed by atoms with van der Waals surface area (Å²) in [6, 6.07) is 10.4. The quantitative estimate of drug-likeness (QED) is 0.884. The zero-order valence-corrected chi connectivity index (χ0v) is 10.0. The average Bonchev–Trinajstić information content (AvgIpc) is 2.33. The number of rotatable bonds is 2. The van der Waals surface area contributed by atoms with Gasteiger partial charge in [-0.15, -0.1) is 0 Å². The van der Waals surface area contributed by atoms with Gasteiger partial charge in [0, 0.05) is 16.8 Å². The topological polar surface area (TPSA) is 42.0 Å². The highest BCUT2D eigenvalue weighted by atomic mass is 35.5. The van der Waals surface area contributed by atoms with Crippen LogP contribution in [0.4, 0.5) is 5.82 Å². The number of anilines is 1. The largest absolute Gasteiger partial charge is 0.307 e. The third kappa shape index (κ3) is 3.04. The van der Waals surface area contributed by atoms with E-state index in [0.29, 0.717) is 16.4 Å². The van der Waals surface area contributed by atoms with E-state index in [4.69, 9.17) is 11.6 Å². The number of carbonyl (C=O) groups excluding carboxylic acids is 1. The van der Waals surface area contributed by atoms with Crippen LogP contribution in [0.25, 0.3) is 0 Å². The Labute approximate surface area is 104 Å². The average molecular weight is 247 g/mol. The van der Waals surface area contributed by atoms with Crippen LogP contribution >= 0.6 is 11.6 Å². The number of benzene rings is 1. The van der Waals surface area contributed by atoms with E-state index in [1.807, 2.05) is 13.0 Å². The molecule has 0 saturated carbocycles. The fourth-order valence-corrected chi connectivity index (χ4v) is 1.46. The summed E-state index contributed by atoms with van der Waals surface area (Å²) >= 11 is 5.75. The lowest BCUT2D eigenvalue weighted by molar-refractivity contribution is 0.102. The van der Waals surface area contributed by atoms with E-state index in [1.165, 1.54) is 0 Å². The summed E-state index contributed by atoms with van der Waals surface area (Å²) < 4.78 is 0. The van der Waals surface area contributed by atoms with Gasteiger partial charge in [-0.1, -0.05) is 17.7 Å². The maximum Gasteiger partial charge on any atom is 0.256 e. The van der Waals surface area contributed by atoms with Gasteiger partial charge in [-0.3, -0.25) is 4.79 Å². The Kier molecular flexibility index (Phi) is 3.40. The first-order valence-corrected chi connectivity index (χ1v) is 5.52. The summed E-state index contributed by atoms with van der Waals surface area (Å²) in [6.07, 6.45) is 1.71. The number of pyridine rings is 1. The van der Waals surface area contributed by atoms with Gasteiger partial charge < -0.3 is 5.32 Å². The van der Waals surface area contributed by atoms with Gasteiger partial charge in [-0.25, -0.2) is 4.98 Å². The van der Waals surface area contributed by atoms with Crippen LogP contribution in [-0.2, 0) is 0 Å². The minimum absolute atomic E-state index is 0.196. The molecular formula is C13H11ClN2O. The van der Waals surface area contributed by atoms with Crippen LogP contribution in [0, 0.1) is 6.92 Å². The van der Waals surface area contributed by atoms with Gasteiger partial charge in [0.1, 0.15) is 5.82 Å². The molecule has 4 heteroatoms. The van der Waals surface area contributed by atoms with Crippen LogP contribution in [0.3, 0.4) is 0 Å². The molecule has 0 bridgehead atoms. The van der Waals surface area contributed by atoms with Crippen molar-refractivity contribution in [2.45, 2.75) is 6.92 Å². The van der Waals surface area contributed by atoms with Crippen molar-refractivity contribution < 1.29 is 4.79 Å². The van der Waals surface area contributed by atoms with Crippen molar-refractivity contribution in [1.29, 1.82) is 0 Å². The van der Waals surface area contributed by atoms with Crippen LogP contribution in [0.15, 0.2) is 42.6 Å². The fraction of sp³-hybridized carbons (Fsp3) is 0.0769. The molecule has 17 heavy (non-hydrogen) atoms. The number of hydrogen-bond acceptors (Lipinski definition) is 2. The molecule has 3 nitrogen and oxygen atoms in total. The van der Waals surface area contributed by atoms with Gasteiger partial charge in [0.25, 0.3) is 5.91 Å². The van der Waals surface area contributed by atoms with E-state index < -0.39 is 0 Å². The molecule has 0 unspecified atom stereocenters. The van der Waals surface area contributed by atoms with Crippen molar-refractivity contribution in [1.82, 2.24) is 4.98 Å². The van der Waals surface area contributed by atoms with Gasteiger partial charge in [-0.2, -0.15) is 0 Å². The second kappa shape index (κ2) is 4.97. The van der Waals surface area contributed by atoms with E-state index >= 15 is 0 Å². The van der Waals surface area contributed by atoms with Crippen molar-refractivity contribution in [3.63, 3.8) is 0 Å². The van der Waals surface area contributed by atoms with E-state index in [0.717, 1.165) is 5.56 Å². The first-order chi connectivity index (χ1) is 8.15. The Balaban J connectivity index is 2.11. The van der Waals surface area contributed by atoms with E-state index in [9.17, 15) is 4.79 Å². The fourth-order valence-electron chi connectivity index (χ4n) is 1.33. The molecule has 0 fully saturated rings. The molecule has 0 aliphatic rings. The van der Waals surface area contributed by atoms with Gasteiger partial charge in [0.15, 0.2) is 0 Å². The van der Waals surface area contributed by atoms with E-state index in [-0.39, 0.29) is 5.91 Å². The molecule has 1 aromatic carbocycles. The van der Waals surface area contributed by atoms with Crippen LogP contribution in [0.5, 0.6) is 0 Å². The molecule has 0 aliphatic carbocycles. The molecule has 0 saturated heterocycles. The minimum atomic E-state index is -0.196. The number of halogens is 1. The molecular weight excluding hydrogens is 236 g/mol. The maximum absolute atomic E-state index is 11.8. The standard InChI is InChI=1S/C13H11ClN2O/c1-9-2-7-12(15-8-9)16-13(17)10-3-5-11(14)6-4-10/h2-8H,1H3,(H,15,16,17). The van der Waals surface area contributed by atoms with Crippen LogP contribution in [-0.4, -0.2) is 10.9 Å². The Hall–Kier alpha value is -1.87. The van der Waals surface area contributed by atoms with Crippen molar-refractivity contribution >= 4 is 23.3 Å². The Morgan fingerprint density at radius 2 is 1.88 bits per heavy atom. The molecule has 1 aromatic heterocycles. The highest BCUT2D eigenvalue weighted by Crippen LogP contribution is 2.11. The summed E-state index contributed by atoms with van der Waals surface area (Å²) in [5.74, 6) is 0.341. The molecule has 2 aromatic rings. The number of aromatic nitrogens is 1. The lowest BCUT2D eigenvalue weighted by Gasteiger charge is -2.04. The SMILES string of the molecule is Cc1ccc(NC(=O)c2ccc(Cl)cc2)nc1. The van der Waals surface area contributed by atoms with Gasteiger partial charge in [0.2, 0.25) is 0 Å². The lowest BCUT2D eigenvalue weighted by Crippen LogP contribution is -2.12. The summed E-state index contributed by atoms with van der Waals surface area (Å²) in [5.41, 5.74) is 1.60. The minimum Gasteiger partial charge on any atom is -0.307 e. The summed E-state index contributed by atoms with van der Waals surface area (Å²) in [5, 5.41) is 3.32. The van der Waals surface area contributed by atoms with Gasteiger partial charge >= 0.3 is 0 Å². The molecule has 0 aliphatic heterocycles. The van der Waals surface area contributed by atoms with Crippen molar-refractivity contribution in [3.8, 4) is 0 Å². The Morgan fingerprint density at radius 3 is 2.47 bits per heavy atom. The number of amides is 1. The molecule has 0 radical (unpaired) electrons. The lowest BCUT2D eigenvalue weighted by atomic mass is 10.2. The van der Waals surface area contributed by atoms with Gasteiger partial charge in [0.05, 0.1) is 0 Å². The second-order valence-corrected chi connectivity index (χ2v) is 4.12. The Bertz CT molecular complexity index is 520. The molecule has 1 N–H and O–H groups in total. The first kappa shape index (κ1) is 11.6. The predicted octanol–water partition coefficient (Wildman–Crippen LogP) is 3.30. The summed E-state index contributed by atoms with van der Waals surface area (Å²) in [7, 11) is 0. The smallest absolute Gasteiger partial charge is 0.256 e. The monoisotopic (exact) mass is 246 g/mol. The number of nitrogens with zero attached hydrogens (tertiary/aromatic N) is 1. The van der Waals surface area contributed by atoms with Crippen molar-refractivity contribution in [2.24, 2.45) is 0 Å². The molecule has 2 rings (SSSR count). The first-order valence-electron chi connectivity index (χ1n) is 5.15. The molecule has 1 amide bonds. The summed E-state index contributed by atoms with van der Waals surface area (Å²) in [6.45, 7) is 1.94. The van der Waals surface area contributed by atoms with Gasteiger partial charge in [-0.05, 0) is 42.8 Å². The summed E-state index contributed by atoms with van der Waals surface area (Å²) in [4.78, 5) is 15.9. The maximum atomic E-state index is 11.8. The van der Waals surface area contributed by atoms with E-state index in [2.05, 4.69) is 10.3 Å². The third-order valence-electron chi connectivity index (χ3n) is 2.26. The highest BCUT2D eigenvalue weighted by Gasteiger charge is 2.05. The van der Waals surface area contributed by atoms with Crippen molar-refractivity contribution in [3.05, 3.63) is 58.7 Å². The third-order valence-corrected chi connectivity index (χ3v) is 2.51. The van der Waals surface area contributed by atoms with Crippen LogP contribution in [0.1, 0.15) is 15.9 Å². The van der Waals surface area contributed by atoms with Crippen molar-refractivity contribution in [2.75, 3.05) is 5.32 Å². The molecule has 0 atom stereocenters. The Morgan fingerprint density at radius 1 is 1.18 bits per heavy atom. The number of nitrogens with one attached hydrogen (secondary N) is 1. The second-order valence-electron chi connectivity index (χ2n) is 3.68. The van der Waals surface area contributed by atoms with E-state index in [1.54, 1.807) is 36.5 Å². The number of carbonyl (C=O) groups is 1. The molecule has 86 valence electrons. The normalized spacial score (nSPS) is 10.0. The zero-order valence-electron chi connectivity index (χ0n) is 9.27. The number of hydrogen-bond donors (Lipinski definition) is 1. The predicted molar refractivity (Wildman–Crippen MR) is 68.4 cm³/mol. The van der Waals surface area contributed by atoms with Crippen LogP contribution < -0.4 is 5.32 Å². The zero-order chi connectivity index (χ0) is 12.3. The number of aryl methyl sites for hydroxylation is 1. The highest BCUT2D eigenvalue weighted by molar-refractivity contribution is 6.30. The van der Waals surface area contributed by atoms with Crippen LogP contribution in [0.2, 0.25) is 5.02 Å².